The second-order valence-corrected chi connectivity index (χ2v) is 5.77. The van der Waals surface area contributed by atoms with E-state index in [4.69, 9.17) is 4.74 Å². The molecule has 0 bridgehead atoms. The van der Waals surface area contributed by atoms with Crippen molar-refractivity contribution < 1.29 is 9.53 Å². The number of carbonyl (C=O) groups excluding carboxylic acids is 1. The van der Waals surface area contributed by atoms with E-state index in [0.717, 1.165) is 31.2 Å². The number of ether oxygens (including phenoxy) is 1. The van der Waals surface area contributed by atoms with Crippen molar-refractivity contribution in [2.45, 2.75) is 19.3 Å². The first-order valence-corrected chi connectivity index (χ1v) is 7.92. The summed E-state index contributed by atoms with van der Waals surface area (Å²) in [6, 6.07) is 11.6. The second-order valence-electron chi connectivity index (χ2n) is 5.77. The summed E-state index contributed by atoms with van der Waals surface area (Å²) in [5.41, 5.74) is 1.68. The van der Waals surface area contributed by atoms with E-state index in [9.17, 15) is 4.79 Å². The zero-order valence-electron chi connectivity index (χ0n) is 12.7. The maximum atomic E-state index is 12.2. The van der Waals surface area contributed by atoms with Crippen molar-refractivity contribution in [3.05, 3.63) is 54.4 Å². The molecule has 0 spiro atoms. The van der Waals surface area contributed by atoms with Crippen LogP contribution < -0.4 is 5.32 Å². The second kappa shape index (κ2) is 7.27. The first-order chi connectivity index (χ1) is 10.8. The molecule has 1 N–H and O–H groups in total. The fourth-order valence-electron chi connectivity index (χ4n) is 2.33. The largest absolute Gasteiger partial charge is 0.381 e. The molecule has 4 heteroatoms. The van der Waals surface area contributed by atoms with Crippen molar-refractivity contribution in [3.8, 4) is 5.69 Å². The summed E-state index contributed by atoms with van der Waals surface area (Å²) in [6.07, 6.45) is 7.42. The molecule has 1 aliphatic rings. The van der Waals surface area contributed by atoms with Crippen LogP contribution in [0.15, 0.2) is 48.8 Å². The van der Waals surface area contributed by atoms with Gasteiger partial charge in [-0.3, -0.25) is 4.79 Å². The van der Waals surface area contributed by atoms with Gasteiger partial charge in [-0.1, -0.05) is 6.07 Å². The maximum absolute atomic E-state index is 12.2. The van der Waals surface area contributed by atoms with Gasteiger partial charge in [-0.25, -0.2) is 0 Å². The Hall–Kier alpha value is -2.07. The van der Waals surface area contributed by atoms with Gasteiger partial charge < -0.3 is 14.6 Å². The highest BCUT2D eigenvalue weighted by molar-refractivity contribution is 5.94. The van der Waals surface area contributed by atoms with E-state index in [2.05, 4.69) is 5.32 Å². The summed E-state index contributed by atoms with van der Waals surface area (Å²) >= 11 is 0. The molecule has 1 saturated carbocycles. The van der Waals surface area contributed by atoms with Gasteiger partial charge in [0.2, 0.25) is 0 Å². The molecule has 1 aromatic heterocycles. The first-order valence-electron chi connectivity index (χ1n) is 7.92. The topological polar surface area (TPSA) is 43.3 Å². The molecule has 2 aromatic rings. The molecule has 0 radical (unpaired) electrons. The van der Waals surface area contributed by atoms with Gasteiger partial charge in [-0.15, -0.1) is 0 Å². The average molecular weight is 298 g/mol. The minimum absolute atomic E-state index is 0.0313. The summed E-state index contributed by atoms with van der Waals surface area (Å²) in [5.74, 6) is 0.766. The zero-order chi connectivity index (χ0) is 15.2. The SMILES string of the molecule is O=C(NCCCOCC1CC1)c1cccc(-n2cccc2)c1. The van der Waals surface area contributed by atoms with E-state index in [1.807, 2.05) is 53.4 Å². The highest BCUT2D eigenvalue weighted by Crippen LogP contribution is 2.28. The van der Waals surface area contributed by atoms with Crippen molar-refractivity contribution in [1.82, 2.24) is 9.88 Å². The van der Waals surface area contributed by atoms with Gasteiger partial charge in [0.25, 0.3) is 5.91 Å². The van der Waals surface area contributed by atoms with Crippen LogP contribution in [0.3, 0.4) is 0 Å². The number of benzene rings is 1. The van der Waals surface area contributed by atoms with Crippen LogP contribution >= 0.6 is 0 Å². The Bertz CT molecular complexity index is 603. The van der Waals surface area contributed by atoms with E-state index in [1.165, 1.54) is 12.8 Å². The van der Waals surface area contributed by atoms with Gasteiger partial charge >= 0.3 is 0 Å². The third kappa shape index (κ3) is 4.21. The van der Waals surface area contributed by atoms with E-state index in [0.29, 0.717) is 12.1 Å². The van der Waals surface area contributed by atoms with Gasteiger partial charge in [0, 0.05) is 43.4 Å². The van der Waals surface area contributed by atoms with Crippen LogP contribution in [0.2, 0.25) is 0 Å². The molecule has 0 aliphatic heterocycles. The molecular weight excluding hydrogens is 276 g/mol. The Labute approximate surface area is 131 Å². The summed E-state index contributed by atoms with van der Waals surface area (Å²) < 4.78 is 7.55. The molecule has 1 aromatic carbocycles. The van der Waals surface area contributed by atoms with Crippen LogP contribution in [0.5, 0.6) is 0 Å². The van der Waals surface area contributed by atoms with Gasteiger partial charge in [0.05, 0.1) is 0 Å². The molecule has 0 atom stereocenters. The minimum Gasteiger partial charge on any atom is -0.381 e. The summed E-state index contributed by atoms with van der Waals surface area (Å²) in [4.78, 5) is 12.2. The number of carbonyl (C=O) groups is 1. The van der Waals surface area contributed by atoms with E-state index in [1.54, 1.807) is 0 Å². The third-order valence-electron chi connectivity index (χ3n) is 3.81. The number of nitrogens with zero attached hydrogens (tertiary/aromatic N) is 1. The fourth-order valence-corrected chi connectivity index (χ4v) is 2.33. The van der Waals surface area contributed by atoms with Crippen LogP contribution in [0.25, 0.3) is 5.69 Å². The number of rotatable bonds is 8. The standard InChI is InChI=1S/C18H22N2O2/c21-18(19-9-4-12-22-14-15-7-8-15)16-5-3-6-17(13-16)20-10-1-2-11-20/h1-3,5-6,10-11,13,15H,4,7-9,12,14H2,(H,19,21). The molecule has 0 unspecified atom stereocenters. The Morgan fingerprint density at radius 2 is 2.05 bits per heavy atom. The molecule has 1 heterocycles. The number of aromatic nitrogens is 1. The van der Waals surface area contributed by atoms with Crippen molar-refractivity contribution in [3.63, 3.8) is 0 Å². The van der Waals surface area contributed by atoms with Crippen molar-refractivity contribution in [2.75, 3.05) is 19.8 Å². The molecular formula is C18H22N2O2. The maximum Gasteiger partial charge on any atom is 0.251 e. The third-order valence-corrected chi connectivity index (χ3v) is 3.81. The van der Waals surface area contributed by atoms with Crippen LogP contribution in [0, 0.1) is 5.92 Å². The van der Waals surface area contributed by atoms with Crippen molar-refractivity contribution in [1.29, 1.82) is 0 Å². The van der Waals surface area contributed by atoms with Crippen LogP contribution in [-0.2, 0) is 4.74 Å². The normalized spacial score (nSPS) is 14.0. The highest BCUT2D eigenvalue weighted by Gasteiger charge is 2.20. The summed E-state index contributed by atoms with van der Waals surface area (Å²) in [5, 5.41) is 2.95. The highest BCUT2D eigenvalue weighted by atomic mass is 16.5. The smallest absolute Gasteiger partial charge is 0.251 e. The summed E-state index contributed by atoms with van der Waals surface area (Å²) in [7, 11) is 0. The summed E-state index contributed by atoms with van der Waals surface area (Å²) in [6.45, 7) is 2.25. The monoisotopic (exact) mass is 298 g/mol. The van der Waals surface area contributed by atoms with E-state index < -0.39 is 0 Å². The van der Waals surface area contributed by atoms with Gasteiger partial charge in [-0.05, 0) is 55.5 Å². The van der Waals surface area contributed by atoms with Gasteiger partial charge in [-0.2, -0.15) is 0 Å². The fraction of sp³-hybridized carbons (Fsp3) is 0.389. The van der Waals surface area contributed by atoms with E-state index >= 15 is 0 Å². The molecule has 0 saturated heterocycles. The van der Waals surface area contributed by atoms with Crippen molar-refractivity contribution >= 4 is 5.91 Å². The number of nitrogens with one attached hydrogen (secondary N) is 1. The molecule has 4 nitrogen and oxygen atoms in total. The predicted octanol–water partition coefficient (Wildman–Crippen LogP) is 3.02. The lowest BCUT2D eigenvalue weighted by Gasteiger charge is -2.08. The van der Waals surface area contributed by atoms with Gasteiger partial charge in [0.1, 0.15) is 0 Å². The molecule has 116 valence electrons. The Morgan fingerprint density at radius 1 is 1.23 bits per heavy atom. The van der Waals surface area contributed by atoms with Crippen molar-refractivity contribution in [2.24, 2.45) is 5.92 Å². The van der Waals surface area contributed by atoms with Crippen LogP contribution in [0.1, 0.15) is 29.6 Å². The van der Waals surface area contributed by atoms with Gasteiger partial charge in [0.15, 0.2) is 0 Å². The molecule has 3 rings (SSSR count). The molecule has 1 amide bonds. The Balaban J connectivity index is 1.44. The number of amides is 1. The quantitative estimate of drug-likeness (QED) is 0.761. The van der Waals surface area contributed by atoms with Crippen LogP contribution in [0.4, 0.5) is 0 Å². The predicted molar refractivity (Wildman–Crippen MR) is 86.3 cm³/mol. The van der Waals surface area contributed by atoms with E-state index in [-0.39, 0.29) is 5.91 Å². The lowest BCUT2D eigenvalue weighted by molar-refractivity contribution is 0.0937. The Morgan fingerprint density at radius 3 is 2.82 bits per heavy atom. The van der Waals surface area contributed by atoms with Crippen LogP contribution in [-0.4, -0.2) is 30.2 Å². The lowest BCUT2D eigenvalue weighted by Crippen LogP contribution is -2.25. The molecule has 1 fully saturated rings. The zero-order valence-corrected chi connectivity index (χ0v) is 12.7. The minimum atomic E-state index is -0.0313. The molecule has 22 heavy (non-hydrogen) atoms. The lowest BCUT2D eigenvalue weighted by atomic mass is 10.2. The first kappa shape index (κ1) is 14.9. The average Bonchev–Trinajstić information content (AvgIpc) is 3.21. The number of hydrogen-bond donors (Lipinski definition) is 1. The Kier molecular flexibility index (Phi) is 4.91. The number of hydrogen-bond acceptors (Lipinski definition) is 2. The molecule has 1 aliphatic carbocycles.